The maximum Gasteiger partial charge on any atom is 0.401 e. The molecule has 0 aliphatic rings. The molecule has 0 aliphatic carbocycles. The van der Waals surface area contributed by atoms with Gasteiger partial charge in [0.15, 0.2) is 6.33 Å². The highest BCUT2D eigenvalue weighted by molar-refractivity contribution is 4.76. The molecule has 0 aromatic carbocycles. The van der Waals surface area contributed by atoms with Gasteiger partial charge in [-0.25, -0.2) is 0 Å². The highest BCUT2D eigenvalue weighted by Crippen LogP contribution is 2.17. The van der Waals surface area contributed by atoms with Crippen molar-refractivity contribution in [3.63, 3.8) is 0 Å². The predicted molar refractivity (Wildman–Crippen MR) is 42.7 cm³/mol. The van der Waals surface area contributed by atoms with Crippen LogP contribution in [-0.2, 0) is 6.54 Å². The molecule has 0 saturated carbocycles. The Labute approximate surface area is 83.5 Å². The normalized spacial score (nSPS) is 12.3. The molecule has 1 rings (SSSR count). The van der Waals surface area contributed by atoms with E-state index in [0.717, 1.165) is 11.2 Å². The van der Waals surface area contributed by atoms with E-state index in [9.17, 15) is 13.2 Å². The summed E-state index contributed by atoms with van der Waals surface area (Å²) in [5, 5.41) is 11.9. The van der Waals surface area contributed by atoms with Crippen molar-refractivity contribution >= 4 is 0 Å². The van der Waals surface area contributed by atoms with Gasteiger partial charge in [0.1, 0.15) is 0 Å². The lowest BCUT2D eigenvalue weighted by atomic mass is 10.4. The summed E-state index contributed by atoms with van der Waals surface area (Å²) in [5.41, 5.74) is 0. The van der Waals surface area contributed by atoms with Gasteiger partial charge in [-0.05, 0) is 0 Å². The van der Waals surface area contributed by atoms with E-state index in [0.29, 0.717) is 0 Å². The highest BCUT2D eigenvalue weighted by atomic mass is 19.4. The maximum atomic E-state index is 12.1. The SMILES string of the molecule is OCCN(Cc1ncno1)CC(F)(F)F. The number of halogens is 3. The number of alkyl halides is 3. The molecule has 86 valence electrons. The van der Waals surface area contributed by atoms with Crippen molar-refractivity contribution in [2.75, 3.05) is 19.7 Å². The van der Waals surface area contributed by atoms with E-state index in [1.54, 1.807) is 0 Å². The second-order valence-electron chi connectivity index (χ2n) is 2.88. The van der Waals surface area contributed by atoms with E-state index in [4.69, 9.17) is 5.11 Å². The Kier molecular flexibility index (Phi) is 4.04. The number of rotatable bonds is 5. The lowest BCUT2D eigenvalue weighted by Gasteiger charge is -2.20. The van der Waals surface area contributed by atoms with Gasteiger partial charge in [-0.15, -0.1) is 0 Å². The third kappa shape index (κ3) is 4.75. The second-order valence-corrected chi connectivity index (χ2v) is 2.88. The average Bonchev–Trinajstić information content (AvgIpc) is 2.54. The van der Waals surface area contributed by atoms with E-state index in [-0.39, 0.29) is 25.6 Å². The molecule has 5 nitrogen and oxygen atoms in total. The van der Waals surface area contributed by atoms with Gasteiger partial charge in [0, 0.05) is 6.54 Å². The molecule has 0 fully saturated rings. The Morgan fingerprint density at radius 2 is 2.20 bits per heavy atom. The summed E-state index contributed by atoms with van der Waals surface area (Å²) in [6.07, 6.45) is -3.20. The standard InChI is InChI=1S/C7H10F3N3O2/c8-7(9,10)4-13(1-2-14)3-6-11-5-12-15-6/h5,14H,1-4H2. The van der Waals surface area contributed by atoms with E-state index in [1.165, 1.54) is 0 Å². The fourth-order valence-electron chi connectivity index (χ4n) is 1.07. The zero-order chi connectivity index (χ0) is 11.3. The molecular weight excluding hydrogens is 215 g/mol. The van der Waals surface area contributed by atoms with Crippen LogP contribution in [-0.4, -0.2) is 46.0 Å². The summed E-state index contributed by atoms with van der Waals surface area (Å²) >= 11 is 0. The van der Waals surface area contributed by atoms with Gasteiger partial charge < -0.3 is 9.63 Å². The van der Waals surface area contributed by atoms with Crippen LogP contribution in [0.5, 0.6) is 0 Å². The van der Waals surface area contributed by atoms with Gasteiger partial charge in [0.05, 0.1) is 19.7 Å². The van der Waals surface area contributed by atoms with Crippen LogP contribution in [0.15, 0.2) is 10.9 Å². The van der Waals surface area contributed by atoms with E-state index in [1.807, 2.05) is 0 Å². The molecule has 0 atom stereocenters. The van der Waals surface area contributed by atoms with Crippen LogP contribution in [0.2, 0.25) is 0 Å². The molecule has 0 unspecified atom stereocenters. The Morgan fingerprint density at radius 1 is 1.47 bits per heavy atom. The van der Waals surface area contributed by atoms with Crippen molar-refractivity contribution in [1.29, 1.82) is 0 Å². The van der Waals surface area contributed by atoms with Crippen molar-refractivity contribution < 1.29 is 22.8 Å². The molecule has 15 heavy (non-hydrogen) atoms. The smallest absolute Gasteiger partial charge is 0.395 e. The minimum atomic E-state index is -4.31. The Morgan fingerprint density at radius 3 is 2.67 bits per heavy atom. The topological polar surface area (TPSA) is 62.4 Å². The van der Waals surface area contributed by atoms with E-state index in [2.05, 4.69) is 14.7 Å². The lowest BCUT2D eigenvalue weighted by Crippen LogP contribution is -2.35. The number of hydrogen-bond acceptors (Lipinski definition) is 5. The first kappa shape index (κ1) is 11.9. The third-order valence-corrected chi connectivity index (χ3v) is 1.58. The molecule has 1 heterocycles. The first-order valence-electron chi connectivity index (χ1n) is 4.17. The molecular formula is C7H10F3N3O2. The summed E-state index contributed by atoms with van der Waals surface area (Å²) in [5.74, 6) is 0.0905. The minimum absolute atomic E-state index is 0.0905. The summed E-state index contributed by atoms with van der Waals surface area (Å²) < 4.78 is 40.8. The molecule has 1 N–H and O–H groups in total. The summed E-state index contributed by atoms with van der Waals surface area (Å²) in [6, 6.07) is 0. The molecule has 0 spiro atoms. The van der Waals surface area contributed by atoms with Crippen LogP contribution < -0.4 is 0 Å². The summed E-state index contributed by atoms with van der Waals surface area (Å²) in [4.78, 5) is 4.58. The van der Waals surface area contributed by atoms with Crippen molar-refractivity contribution in [3.8, 4) is 0 Å². The number of aliphatic hydroxyl groups is 1. The number of aromatic nitrogens is 2. The van der Waals surface area contributed by atoms with Crippen molar-refractivity contribution in [1.82, 2.24) is 15.0 Å². The van der Waals surface area contributed by atoms with Crippen LogP contribution in [0.3, 0.4) is 0 Å². The number of aliphatic hydroxyl groups excluding tert-OH is 1. The van der Waals surface area contributed by atoms with Crippen molar-refractivity contribution in [3.05, 3.63) is 12.2 Å². The van der Waals surface area contributed by atoms with Crippen LogP contribution >= 0.6 is 0 Å². The van der Waals surface area contributed by atoms with E-state index < -0.39 is 12.7 Å². The molecule has 8 heteroatoms. The average molecular weight is 225 g/mol. The molecule has 0 amide bonds. The van der Waals surface area contributed by atoms with Crippen LogP contribution in [0, 0.1) is 0 Å². The monoisotopic (exact) mass is 225 g/mol. The maximum absolute atomic E-state index is 12.1. The minimum Gasteiger partial charge on any atom is -0.395 e. The molecule has 0 saturated heterocycles. The zero-order valence-corrected chi connectivity index (χ0v) is 7.74. The van der Waals surface area contributed by atoms with Crippen LogP contribution in [0.1, 0.15) is 5.89 Å². The summed E-state index contributed by atoms with van der Waals surface area (Å²) in [6.45, 7) is -1.69. The number of hydrogen-bond donors (Lipinski definition) is 1. The highest BCUT2D eigenvalue weighted by Gasteiger charge is 2.31. The van der Waals surface area contributed by atoms with E-state index >= 15 is 0 Å². The fourth-order valence-corrected chi connectivity index (χ4v) is 1.07. The fraction of sp³-hybridized carbons (Fsp3) is 0.714. The van der Waals surface area contributed by atoms with Gasteiger partial charge in [-0.1, -0.05) is 5.16 Å². The predicted octanol–water partition coefficient (Wildman–Crippen LogP) is 0.426. The van der Waals surface area contributed by atoms with Gasteiger partial charge in [-0.3, -0.25) is 4.90 Å². The van der Waals surface area contributed by atoms with Gasteiger partial charge in [0.25, 0.3) is 0 Å². The molecule has 1 aromatic heterocycles. The van der Waals surface area contributed by atoms with Crippen molar-refractivity contribution in [2.45, 2.75) is 12.7 Å². The molecule has 0 aliphatic heterocycles. The third-order valence-electron chi connectivity index (χ3n) is 1.58. The van der Waals surface area contributed by atoms with Gasteiger partial charge >= 0.3 is 6.18 Å². The van der Waals surface area contributed by atoms with Crippen LogP contribution in [0.25, 0.3) is 0 Å². The largest absolute Gasteiger partial charge is 0.401 e. The Hall–Kier alpha value is -1.15. The second kappa shape index (κ2) is 5.08. The van der Waals surface area contributed by atoms with Crippen molar-refractivity contribution in [2.24, 2.45) is 0 Å². The zero-order valence-electron chi connectivity index (χ0n) is 7.74. The quantitative estimate of drug-likeness (QED) is 0.787. The molecule has 1 aromatic rings. The van der Waals surface area contributed by atoms with Gasteiger partial charge in [0.2, 0.25) is 5.89 Å². The summed E-state index contributed by atoms with van der Waals surface area (Å²) in [7, 11) is 0. The molecule has 0 bridgehead atoms. The Balaban J connectivity index is 2.51. The first-order chi connectivity index (χ1) is 7.01. The number of nitrogens with zero attached hydrogens (tertiary/aromatic N) is 3. The Bertz CT molecular complexity index is 276. The lowest BCUT2D eigenvalue weighted by molar-refractivity contribution is -0.148. The molecule has 0 radical (unpaired) electrons. The van der Waals surface area contributed by atoms with Crippen LogP contribution in [0.4, 0.5) is 13.2 Å². The van der Waals surface area contributed by atoms with Gasteiger partial charge in [-0.2, -0.15) is 18.2 Å². The first-order valence-corrected chi connectivity index (χ1v) is 4.17.